The molecule has 0 bridgehead atoms. The Morgan fingerprint density at radius 2 is 1.62 bits per heavy atom. The molecule has 0 aliphatic carbocycles. The van der Waals surface area contributed by atoms with Gasteiger partial charge in [0.1, 0.15) is 17.3 Å². The van der Waals surface area contributed by atoms with E-state index in [1.165, 1.54) is 4.90 Å². The number of anilines is 1. The van der Waals surface area contributed by atoms with E-state index >= 15 is 0 Å². The van der Waals surface area contributed by atoms with Gasteiger partial charge in [-0.1, -0.05) is 18.2 Å². The first kappa shape index (κ1) is 24.2. The molecule has 4 aromatic rings. The van der Waals surface area contributed by atoms with Crippen LogP contribution in [-0.2, 0) is 9.59 Å². The van der Waals surface area contributed by atoms with Crippen molar-refractivity contribution < 1.29 is 24.2 Å². The number of ketones is 1. The second-order valence-corrected chi connectivity index (χ2v) is 9.21. The van der Waals surface area contributed by atoms with Crippen LogP contribution in [0.2, 0.25) is 0 Å². The zero-order valence-corrected chi connectivity index (χ0v) is 21.4. The van der Waals surface area contributed by atoms with Gasteiger partial charge in [0.05, 0.1) is 25.8 Å². The molecule has 5 rings (SSSR count). The summed E-state index contributed by atoms with van der Waals surface area (Å²) in [5.41, 5.74) is 5.03. The predicted octanol–water partition coefficient (Wildman–Crippen LogP) is 5.74. The third kappa shape index (κ3) is 3.83. The van der Waals surface area contributed by atoms with Crippen molar-refractivity contribution in [3.05, 3.63) is 94.2 Å². The van der Waals surface area contributed by atoms with E-state index in [1.807, 2.05) is 51.1 Å². The van der Waals surface area contributed by atoms with Crippen molar-refractivity contribution in [1.29, 1.82) is 0 Å². The molecule has 1 aromatic heterocycles. The summed E-state index contributed by atoms with van der Waals surface area (Å²) in [6, 6.07) is 17.4. The molecular formula is C30H28N2O5. The number of carbonyl (C=O) groups excluding carboxylic acids is 2. The normalized spacial score (nSPS) is 17.0. The number of carbonyl (C=O) groups is 2. The zero-order chi connectivity index (χ0) is 26.4. The van der Waals surface area contributed by atoms with E-state index in [0.29, 0.717) is 22.7 Å². The van der Waals surface area contributed by atoms with Gasteiger partial charge in [-0.2, -0.15) is 0 Å². The second-order valence-electron chi connectivity index (χ2n) is 9.21. The highest BCUT2D eigenvalue weighted by molar-refractivity contribution is 6.52. The van der Waals surface area contributed by atoms with E-state index in [1.54, 1.807) is 44.6 Å². The van der Waals surface area contributed by atoms with Crippen LogP contribution in [0, 0.1) is 20.8 Å². The zero-order valence-electron chi connectivity index (χ0n) is 21.4. The average Bonchev–Trinajstić information content (AvgIpc) is 3.36. The number of rotatable bonds is 5. The fraction of sp³-hybridized carbons (Fsp3) is 0.200. The van der Waals surface area contributed by atoms with Crippen molar-refractivity contribution in [1.82, 2.24) is 4.98 Å². The molecule has 1 saturated heterocycles. The lowest BCUT2D eigenvalue weighted by Crippen LogP contribution is -2.29. The van der Waals surface area contributed by atoms with Crippen molar-refractivity contribution >= 4 is 34.0 Å². The van der Waals surface area contributed by atoms with Crippen LogP contribution >= 0.6 is 0 Å². The monoisotopic (exact) mass is 496 g/mol. The molecule has 0 radical (unpaired) electrons. The number of hydrogen-bond acceptors (Lipinski definition) is 5. The Balaban J connectivity index is 1.81. The van der Waals surface area contributed by atoms with Crippen LogP contribution in [0.15, 0.2) is 66.2 Å². The number of nitrogens with one attached hydrogen (secondary N) is 1. The summed E-state index contributed by atoms with van der Waals surface area (Å²) in [6.07, 6.45) is 0. The van der Waals surface area contributed by atoms with Crippen LogP contribution in [0.4, 0.5) is 5.69 Å². The number of methoxy groups -OCH3 is 2. The lowest BCUT2D eigenvalue weighted by Gasteiger charge is -2.26. The highest BCUT2D eigenvalue weighted by Gasteiger charge is 2.48. The summed E-state index contributed by atoms with van der Waals surface area (Å²) >= 11 is 0. The minimum absolute atomic E-state index is 0.0429. The van der Waals surface area contributed by atoms with Gasteiger partial charge in [-0.25, -0.2) is 0 Å². The molecule has 37 heavy (non-hydrogen) atoms. The van der Waals surface area contributed by atoms with Gasteiger partial charge >= 0.3 is 0 Å². The number of nitrogens with zero attached hydrogens (tertiary/aromatic N) is 1. The van der Waals surface area contributed by atoms with Crippen LogP contribution in [0.3, 0.4) is 0 Å². The minimum Gasteiger partial charge on any atom is -0.507 e. The molecule has 7 nitrogen and oxygen atoms in total. The number of aromatic amines is 1. The van der Waals surface area contributed by atoms with Crippen LogP contribution in [0.25, 0.3) is 16.7 Å². The number of para-hydroxylation sites is 1. The van der Waals surface area contributed by atoms with E-state index in [-0.39, 0.29) is 11.3 Å². The molecule has 0 saturated carbocycles. The molecular weight excluding hydrogens is 468 g/mol. The number of H-pyrrole nitrogens is 1. The third-order valence-electron chi connectivity index (χ3n) is 7.01. The molecule has 1 unspecified atom stereocenters. The lowest BCUT2D eigenvalue weighted by molar-refractivity contribution is -0.132. The second kappa shape index (κ2) is 9.17. The molecule has 1 amide bonds. The first-order valence-corrected chi connectivity index (χ1v) is 11.9. The largest absolute Gasteiger partial charge is 0.507 e. The van der Waals surface area contributed by atoms with Crippen molar-refractivity contribution in [3.63, 3.8) is 0 Å². The van der Waals surface area contributed by atoms with Gasteiger partial charge in [-0.05, 0) is 74.4 Å². The molecule has 2 heterocycles. The summed E-state index contributed by atoms with van der Waals surface area (Å²) in [5.74, 6) is -0.353. The molecule has 3 aromatic carbocycles. The highest BCUT2D eigenvalue weighted by atomic mass is 16.5. The number of aromatic nitrogens is 1. The third-order valence-corrected chi connectivity index (χ3v) is 7.01. The summed E-state index contributed by atoms with van der Waals surface area (Å²) in [4.78, 5) is 32.0. The summed E-state index contributed by atoms with van der Waals surface area (Å²) in [7, 11) is 3.15. The van der Waals surface area contributed by atoms with Gasteiger partial charge < -0.3 is 19.6 Å². The Morgan fingerprint density at radius 3 is 2.30 bits per heavy atom. The number of Topliss-reactive ketones (excluding diaryl/α,β-unsaturated/α-hetero) is 1. The molecule has 188 valence electrons. The Hall–Kier alpha value is -4.52. The van der Waals surface area contributed by atoms with Crippen LogP contribution in [0.5, 0.6) is 11.5 Å². The first-order valence-electron chi connectivity index (χ1n) is 11.9. The maximum Gasteiger partial charge on any atom is 0.300 e. The van der Waals surface area contributed by atoms with E-state index in [9.17, 15) is 14.7 Å². The van der Waals surface area contributed by atoms with E-state index in [4.69, 9.17) is 9.47 Å². The average molecular weight is 497 g/mol. The maximum atomic E-state index is 13.6. The summed E-state index contributed by atoms with van der Waals surface area (Å²) in [5, 5.41) is 12.5. The number of fused-ring (bicyclic) bond motifs is 1. The molecule has 2 N–H and O–H groups in total. The number of amides is 1. The van der Waals surface area contributed by atoms with Crippen molar-refractivity contribution in [2.75, 3.05) is 19.1 Å². The molecule has 7 heteroatoms. The molecule has 1 aliphatic heterocycles. The van der Waals surface area contributed by atoms with Gasteiger partial charge in [0.2, 0.25) is 0 Å². The standard InChI is InChI=1S/C30H28N2O5/c1-16-15-24(37-5)17(2)14-22(16)28(33)26-27(25-18(3)31-23-9-7-6-8-21(23)25)32(30(35)29(26)34)19-10-12-20(36-4)13-11-19/h6-15,27,31,33H,1-5H3/b28-26+. The lowest BCUT2D eigenvalue weighted by atomic mass is 9.91. The Morgan fingerprint density at radius 1 is 0.919 bits per heavy atom. The number of aliphatic hydroxyl groups is 1. The van der Waals surface area contributed by atoms with E-state index in [0.717, 1.165) is 33.3 Å². The maximum absolute atomic E-state index is 13.6. The first-order chi connectivity index (χ1) is 17.8. The number of hydrogen-bond donors (Lipinski definition) is 2. The van der Waals surface area contributed by atoms with Crippen molar-refractivity contribution in [3.8, 4) is 11.5 Å². The molecule has 1 atom stereocenters. The van der Waals surface area contributed by atoms with E-state index in [2.05, 4.69) is 4.98 Å². The fourth-order valence-corrected chi connectivity index (χ4v) is 5.18. The number of ether oxygens (including phenoxy) is 2. The number of aryl methyl sites for hydroxylation is 3. The highest BCUT2D eigenvalue weighted by Crippen LogP contribution is 2.46. The Bertz CT molecular complexity index is 1580. The van der Waals surface area contributed by atoms with Gasteiger partial charge in [0.15, 0.2) is 0 Å². The van der Waals surface area contributed by atoms with Gasteiger partial charge in [-0.3, -0.25) is 14.5 Å². The molecule has 1 aliphatic rings. The number of benzene rings is 3. The van der Waals surface area contributed by atoms with E-state index < -0.39 is 17.7 Å². The fourth-order valence-electron chi connectivity index (χ4n) is 5.18. The SMILES string of the molecule is COc1ccc(N2C(=O)C(=O)/C(=C(/O)c3cc(C)c(OC)cc3C)C2c2c(C)[nH]c3ccccc23)cc1. The smallest absolute Gasteiger partial charge is 0.300 e. The van der Waals surface area contributed by atoms with Crippen LogP contribution in [-0.4, -0.2) is 36.0 Å². The Kier molecular flexibility index (Phi) is 5.99. The predicted molar refractivity (Wildman–Crippen MR) is 143 cm³/mol. The summed E-state index contributed by atoms with van der Waals surface area (Å²) in [6.45, 7) is 5.61. The quantitative estimate of drug-likeness (QED) is 0.209. The van der Waals surface area contributed by atoms with Gasteiger partial charge in [0, 0.05) is 33.4 Å². The van der Waals surface area contributed by atoms with Crippen molar-refractivity contribution in [2.45, 2.75) is 26.8 Å². The van der Waals surface area contributed by atoms with Crippen LogP contribution in [0.1, 0.15) is 34.0 Å². The molecule has 0 spiro atoms. The summed E-state index contributed by atoms with van der Waals surface area (Å²) < 4.78 is 10.7. The van der Waals surface area contributed by atoms with Crippen LogP contribution < -0.4 is 14.4 Å². The number of aliphatic hydroxyl groups excluding tert-OH is 1. The van der Waals surface area contributed by atoms with Crippen molar-refractivity contribution in [2.24, 2.45) is 0 Å². The topological polar surface area (TPSA) is 91.9 Å². The van der Waals surface area contributed by atoms with Gasteiger partial charge in [0.25, 0.3) is 11.7 Å². The van der Waals surface area contributed by atoms with Gasteiger partial charge in [-0.15, -0.1) is 0 Å². The minimum atomic E-state index is -0.841. The molecule has 1 fully saturated rings. The Labute approximate surface area is 214 Å².